The van der Waals surface area contributed by atoms with Crippen molar-refractivity contribution >= 4 is 0 Å². The lowest BCUT2D eigenvalue weighted by Crippen LogP contribution is -2.17. The average Bonchev–Trinajstić information content (AvgIpc) is 2.55. The lowest BCUT2D eigenvalue weighted by Gasteiger charge is -2.25. The van der Waals surface area contributed by atoms with Gasteiger partial charge in [-0.05, 0) is 54.0 Å². The number of hydrogen-bond donors (Lipinski definition) is 0. The number of ether oxygens (including phenoxy) is 1. The maximum absolute atomic E-state index is 14.9. The normalized spacial score (nSPS) is 17.2. The molecule has 134 valence electrons. The molecular formula is C20H20F4O. The molecule has 0 spiro atoms. The number of benzene rings is 2. The Kier molecular flexibility index (Phi) is 5.02. The van der Waals surface area contributed by atoms with Gasteiger partial charge in [-0.15, -0.1) is 13.2 Å². The summed E-state index contributed by atoms with van der Waals surface area (Å²) in [6.07, 6.45) is 0.164. The third-order valence-corrected chi connectivity index (χ3v) is 4.75. The van der Waals surface area contributed by atoms with E-state index < -0.39 is 6.36 Å². The van der Waals surface area contributed by atoms with Crippen molar-refractivity contribution < 1.29 is 22.3 Å². The highest BCUT2D eigenvalue weighted by molar-refractivity contribution is 5.66. The Bertz CT molecular complexity index is 735. The largest absolute Gasteiger partial charge is 0.573 e. The van der Waals surface area contributed by atoms with Gasteiger partial charge in [-0.25, -0.2) is 4.39 Å². The van der Waals surface area contributed by atoms with E-state index in [4.69, 9.17) is 0 Å². The van der Waals surface area contributed by atoms with Gasteiger partial charge in [-0.1, -0.05) is 44.0 Å². The molecule has 1 aliphatic rings. The smallest absolute Gasteiger partial charge is 0.406 e. The van der Waals surface area contributed by atoms with Gasteiger partial charge in [0.05, 0.1) is 0 Å². The number of alkyl halides is 3. The second-order valence-corrected chi connectivity index (χ2v) is 6.53. The Morgan fingerprint density at radius 1 is 1.08 bits per heavy atom. The lowest BCUT2D eigenvalue weighted by molar-refractivity contribution is -0.274. The van der Waals surface area contributed by atoms with Crippen LogP contribution in [-0.4, -0.2) is 6.36 Å². The Hall–Kier alpha value is -2.04. The molecule has 0 amide bonds. The fourth-order valence-corrected chi connectivity index (χ4v) is 3.60. The molecule has 1 nitrogen and oxygen atoms in total. The molecule has 0 fully saturated rings. The van der Waals surface area contributed by atoms with Gasteiger partial charge in [0.15, 0.2) is 0 Å². The fourth-order valence-electron chi connectivity index (χ4n) is 3.60. The third-order valence-electron chi connectivity index (χ3n) is 4.75. The van der Waals surface area contributed by atoms with Crippen LogP contribution < -0.4 is 4.74 Å². The quantitative estimate of drug-likeness (QED) is 0.587. The zero-order valence-corrected chi connectivity index (χ0v) is 14.0. The van der Waals surface area contributed by atoms with Gasteiger partial charge in [0.2, 0.25) is 0 Å². The van der Waals surface area contributed by atoms with Crippen LogP contribution in [0.5, 0.6) is 5.75 Å². The molecule has 5 heteroatoms. The SMILES string of the molecule is CCCC1CCc2c(ccc(-c3ccc(OC(F)(F)F)cc3)c2F)C1. The fraction of sp³-hybridized carbons (Fsp3) is 0.400. The summed E-state index contributed by atoms with van der Waals surface area (Å²) in [6.45, 7) is 2.16. The summed E-state index contributed by atoms with van der Waals surface area (Å²) < 4.78 is 55.4. The van der Waals surface area contributed by atoms with Crippen LogP contribution in [0.15, 0.2) is 36.4 Å². The van der Waals surface area contributed by atoms with Crippen LogP contribution >= 0.6 is 0 Å². The van der Waals surface area contributed by atoms with E-state index in [0.29, 0.717) is 17.0 Å². The zero-order chi connectivity index (χ0) is 18.0. The Morgan fingerprint density at radius 2 is 1.80 bits per heavy atom. The molecule has 3 rings (SSSR count). The summed E-state index contributed by atoms with van der Waals surface area (Å²) in [6, 6.07) is 9.00. The van der Waals surface area contributed by atoms with E-state index in [0.717, 1.165) is 43.2 Å². The Balaban J connectivity index is 1.84. The molecule has 2 aromatic rings. The first-order valence-corrected chi connectivity index (χ1v) is 8.54. The van der Waals surface area contributed by atoms with Crippen molar-refractivity contribution in [2.75, 3.05) is 0 Å². The molecule has 1 aliphatic carbocycles. The molecule has 0 saturated carbocycles. The predicted octanol–water partition coefficient (Wildman–Crippen LogP) is 6.30. The minimum atomic E-state index is -4.73. The van der Waals surface area contributed by atoms with Crippen molar-refractivity contribution in [3.8, 4) is 16.9 Å². The highest BCUT2D eigenvalue weighted by Crippen LogP contribution is 2.35. The van der Waals surface area contributed by atoms with E-state index in [1.807, 2.05) is 6.07 Å². The van der Waals surface area contributed by atoms with Crippen LogP contribution in [0.2, 0.25) is 0 Å². The van der Waals surface area contributed by atoms with Gasteiger partial charge in [0.25, 0.3) is 0 Å². The molecule has 0 saturated heterocycles. The third kappa shape index (κ3) is 4.14. The van der Waals surface area contributed by atoms with Crippen LogP contribution in [0.1, 0.15) is 37.3 Å². The summed E-state index contributed by atoms with van der Waals surface area (Å²) in [5, 5.41) is 0. The molecular weight excluding hydrogens is 332 g/mol. The maximum Gasteiger partial charge on any atom is 0.573 e. The first kappa shape index (κ1) is 17.8. The van der Waals surface area contributed by atoms with E-state index in [-0.39, 0.29) is 11.6 Å². The van der Waals surface area contributed by atoms with E-state index >= 15 is 0 Å². The van der Waals surface area contributed by atoms with Gasteiger partial charge in [0, 0.05) is 5.56 Å². The Labute approximate surface area is 144 Å². The minimum absolute atomic E-state index is 0.253. The second kappa shape index (κ2) is 7.06. The van der Waals surface area contributed by atoms with Gasteiger partial charge in [-0.3, -0.25) is 0 Å². The van der Waals surface area contributed by atoms with Gasteiger partial charge in [0.1, 0.15) is 11.6 Å². The minimum Gasteiger partial charge on any atom is -0.406 e. The highest BCUT2D eigenvalue weighted by atomic mass is 19.4. The number of rotatable bonds is 4. The van der Waals surface area contributed by atoms with Crippen LogP contribution in [-0.2, 0) is 12.8 Å². The van der Waals surface area contributed by atoms with Crippen molar-refractivity contribution in [1.82, 2.24) is 0 Å². The molecule has 0 radical (unpaired) electrons. The lowest BCUT2D eigenvalue weighted by atomic mass is 9.80. The average molecular weight is 352 g/mol. The molecule has 25 heavy (non-hydrogen) atoms. The number of halogens is 4. The topological polar surface area (TPSA) is 9.23 Å². The highest BCUT2D eigenvalue weighted by Gasteiger charge is 2.31. The van der Waals surface area contributed by atoms with E-state index in [9.17, 15) is 17.6 Å². The van der Waals surface area contributed by atoms with Crippen LogP contribution in [0.3, 0.4) is 0 Å². The maximum atomic E-state index is 14.9. The molecule has 0 heterocycles. The van der Waals surface area contributed by atoms with Crippen molar-refractivity contribution in [2.24, 2.45) is 5.92 Å². The summed E-state index contributed by atoms with van der Waals surface area (Å²) in [5.74, 6) is 0.0514. The summed E-state index contributed by atoms with van der Waals surface area (Å²) in [5.41, 5.74) is 2.78. The van der Waals surface area contributed by atoms with E-state index in [1.165, 1.54) is 24.3 Å². The summed E-state index contributed by atoms with van der Waals surface area (Å²) in [7, 11) is 0. The monoisotopic (exact) mass is 352 g/mol. The van der Waals surface area contributed by atoms with E-state index in [1.54, 1.807) is 6.07 Å². The van der Waals surface area contributed by atoms with Crippen LogP contribution in [0.25, 0.3) is 11.1 Å². The molecule has 0 aliphatic heterocycles. The molecule has 0 aromatic heterocycles. The first-order chi connectivity index (χ1) is 11.9. The molecule has 0 N–H and O–H groups in total. The van der Waals surface area contributed by atoms with Crippen molar-refractivity contribution in [2.45, 2.75) is 45.4 Å². The van der Waals surface area contributed by atoms with Crippen molar-refractivity contribution in [3.05, 3.63) is 53.3 Å². The van der Waals surface area contributed by atoms with Crippen molar-refractivity contribution in [1.29, 1.82) is 0 Å². The van der Waals surface area contributed by atoms with Crippen LogP contribution in [0.4, 0.5) is 17.6 Å². The van der Waals surface area contributed by atoms with Crippen molar-refractivity contribution in [3.63, 3.8) is 0 Å². The summed E-state index contributed by atoms with van der Waals surface area (Å²) in [4.78, 5) is 0. The first-order valence-electron chi connectivity index (χ1n) is 8.54. The predicted molar refractivity (Wildman–Crippen MR) is 88.9 cm³/mol. The molecule has 1 unspecified atom stereocenters. The molecule has 1 atom stereocenters. The standard InChI is InChI=1S/C20H20F4O/c1-2-3-13-4-10-18-15(12-13)7-11-17(19(18)21)14-5-8-16(9-6-14)25-20(22,23)24/h5-9,11,13H,2-4,10,12H2,1H3. The molecule has 0 bridgehead atoms. The summed E-state index contributed by atoms with van der Waals surface area (Å²) >= 11 is 0. The second-order valence-electron chi connectivity index (χ2n) is 6.53. The number of hydrogen-bond acceptors (Lipinski definition) is 1. The van der Waals surface area contributed by atoms with E-state index in [2.05, 4.69) is 11.7 Å². The van der Waals surface area contributed by atoms with Gasteiger partial charge >= 0.3 is 6.36 Å². The Morgan fingerprint density at radius 3 is 2.44 bits per heavy atom. The van der Waals surface area contributed by atoms with Gasteiger partial charge < -0.3 is 4.74 Å². The molecule has 2 aromatic carbocycles. The van der Waals surface area contributed by atoms with Gasteiger partial charge in [-0.2, -0.15) is 0 Å². The zero-order valence-electron chi connectivity index (χ0n) is 14.0. The number of fused-ring (bicyclic) bond motifs is 1. The van der Waals surface area contributed by atoms with Crippen LogP contribution in [0, 0.1) is 11.7 Å².